The van der Waals surface area contributed by atoms with Crippen molar-refractivity contribution in [3.05, 3.63) is 26.8 Å². The lowest BCUT2D eigenvalue weighted by Gasteiger charge is -2.08. The standard InChI is InChI=1S/C10H10ClIN2S/c1-6-5-13-10(15-6)14-9-3-2-7(12)4-8(9)11/h2-4,6H,5H2,1H3,(H,13,14). The minimum Gasteiger partial charge on any atom is -0.334 e. The number of halogens is 2. The molecule has 0 saturated heterocycles. The number of rotatable bonds is 1. The second kappa shape index (κ2) is 4.93. The van der Waals surface area contributed by atoms with Crippen LogP contribution >= 0.6 is 46.0 Å². The van der Waals surface area contributed by atoms with E-state index in [1.54, 1.807) is 11.8 Å². The molecule has 0 bridgehead atoms. The monoisotopic (exact) mass is 352 g/mol. The van der Waals surface area contributed by atoms with E-state index < -0.39 is 0 Å². The average molecular weight is 353 g/mol. The van der Waals surface area contributed by atoms with Crippen LogP contribution in [0.2, 0.25) is 5.02 Å². The fraction of sp³-hybridized carbons (Fsp3) is 0.300. The van der Waals surface area contributed by atoms with Gasteiger partial charge in [0.1, 0.15) is 0 Å². The molecular formula is C10H10ClIN2S. The Bertz CT molecular complexity index is 408. The van der Waals surface area contributed by atoms with Gasteiger partial charge < -0.3 is 5.32 Å². The molecule has 1 unspecified atom stereocenters. The summed E-state index contributed by atoms with van der Waals surface area (Å²) in [7, 11) is 0. The van der Waals surface area contributed by atoms with Crippen LogP contribution in [0.4, 0.5) is 5.69 Å². The molecule has 1 aliphatic heterocycles. The first-order valence-electron chi connectivity index (χ1n) is 4.58. The van der Waals surface area contributed by atoms with E-state index in [0.29, 0.717) is 5.25 Å². The van der Waals surface area contributed by atoms with Crippen LogP contribution in [0.15, 0.2) is 23.2 Å². The molecular weight excluding hydrogens is 343 g/mol. The number of amidine groups is 1. The summed E-state index contributed by atoms with van der Waals surface area (Å²) >= 11 is 10.1. The molecule has 1 heterocycles. The fourth-order valence-electron chi connectivity index (χ4n) is 1.25. The normalized spacial score (nSPS) is 20.2. The molecule has 5 heteroatoms. The van der Waals surface area contributed by atoms with Gasteiger partial charge in [0.15, 0.2) is 5.17 Å². The van der Waals surface area contributed by atoms with Crippen LogP contribution in [0.1, 0.15) is 6.92 Å². The topological polar surface area (TPSA) is 24.4 Å². The quantitative estimate of drug-likeness (QED) is 0.777. The summed E-state index contributed by atoms with van der Waals surface area (Å²) in [6.45, 7) is 3.05. The molecule has 0 radical (unpaired) electrons. The van der Waals surface area contributed by atoms with Crippen molar-refractivity contribution in [3.8, 4) is 0 Å². The highest BCUT2D eigenvalue weighted by molar-refractivity contribution is 14.1. The SMILES string of the molecule is CC1CN=C(Nc2ccc(I)cc2Cl)S1. The molecule has 0 fully saturated rings. The smallest absolute Gasteiger partial charge is 0.161 e. The van der Waals surface area contributed by atoms with Gasteiger partial charge in [0.25, 0.3) is 0 Å². The van der Waals surface area contributed by atoms with Gasteiger partial charge in [0.05, 0.1) is 17.3 Å². The van der Waals surface area contributed by atoms with Gasteiger partial charge in [-0.2, -0.15) is 0 Å². The largest absolute Gasteiger partial charge is 0.334 e. The Labute approximate surface area is 112 Å². The molecule has 0 amide bonds. The number of thioether (sulfide) groups is 1. The third kappa shape index (κ3) is 3.01. The second-order valence-electron chi connectivity index (χ2n) is 3.32. The lowest BCUT2D eigenvalue weighted by atomic mass is 10.3. The molecule has 15 heavy (non-hydrogen) atoms. The molecule has 2 nitrogen and oxygen atoms in total. The van der Waals surface area contributed by atoms with Crippen molar-refractivity contribution >= 4 is 56.8 Å². The molecule has 1 atom stereocenters. The Morgan fingerprint density at radius 2 is 2.40 bits per heavy atom. The van der Waals surface area contributed by atoms with Crippen LogP contribution in [-0.2, 0) is 0 Å². The summed E-state index contributed by atoms with van der Waals surface area (Å²) < 4.78 is 1.14. The zero-order valence-corrected chi connectivity index (χ0v) is 11.9. The minimum absolute atomic E-state index is 0.565. The Hall–Kier alpha value is 0.0600. The zero-order valence-electron chi connectivity index (χ0n) is 8.13. The van der Waals surface area contributed by atoms with Crippen LogP contribution in [0.3, 0.4) is 0 Å². The summed E-state index contributed by atoms with van der Waals surface area (Å²) in [4.78, 5) is 4.38. The Kier molecular flexibility index (Phi) is 3.79. The zero-order chi connectivity index (χ0) is 10.8. The highest BCUT2D eigenvalue weighted by atomic mass is 127. The number of benzene rings is 1. The van der Waals surface area contributed by atoms with E-state index in [9.17, 15) is 0 Å². The predicted octanol–water partition coefficient (Wildman–Crippen LogP) is 3.85. The summed E-state index contributed by atoms with van der Waals surface area (Å²) in [6.07, 6.45) is 0. The summed E-state index contributed by atoms with van der Waals surface area (Å²) in [5, 5.41) is 5.51. The molecule has 1 aliphatic rings. The van der Waals surface area contributed by atoms with Crippen molar-refractivity contribution in [2.45, 2.75) is 12.2 Å². The first kappa shape index (κ1) is 11.5. The van der Waals surface area contributed by atoms with Gasteiger partial charge in [-0.25, -0.2) is 0 Å². The van der Waals surface area contributed by atoms with Crippen molar-refractivity contribution < 1.29 is 0 Å². The molecule has 80 valence electrons. The lowest BCUT2D eigenvalue weighted by molar-refractivity contribution is 0.976. The molecule has 0 aliphatic carbocycles. The van der Waals surface area contributed by atoms with Gasteiger partial charge in [-0.15, -0.1) is 0 Å². The number of hydrogen-bond acceptors (Lipinski definition) is 3. The van der Waals surface area contributed by atoms with Crippen molar-refractivity contribution in [2.24, 2.45) is 4.99 Å². The highest BCUT2D eigenvalue weighted by Crippen LogP contribution is 2.27. The minimum atomic E-state index is 0.565. The van der Waals surface area contributed by atoms with Crippen molar-refractivity contribution in [2.75, 3.05) is 11.9 Å². The van der Waals surface area contributed by atoms with Crippen LogP contribution in [0, 0.1) is 3.57 Å². The molecule has 1 aromatic carbocycles. The molecule has 2 rings (SSSR count). The van der Waals surface area contributed by atoms with E-state index in [4.69, 9.17) is 11.6 Å². The number of nitrogens with one attached hydrogen (secondary N) is 1. The van der Waals surface area contributed by atoms with Crippen molar-refractivity contribution in [3.63, 3.8) is 0 Å². The summed E-state index contributed by atoms with van der Waals surface area (Å²) in [5.41, 5.74) is 0.928. The van der Waals surface area contributed by atoms with E-state index >= 15 is 0 Å². The average Bonchev–Trinajstić information content (AvgIpc) is 2.56. The van der Waals surface area contributed by atoms with E-state index in [-0.39, 0.29) is 0 Å². The Morgan fingerprint density at radius 1 is 1.60 bits per heavy atom. The number of anilines is 1. The number of aliphatic imine (C=N–C) groups is 1. The van der Waals surface area contributed by atoms with E-state index in [1.807, 2.05) is 18.2 Å². The third-order valence-electron chi connectivity index (χ3n) is 1.98. The van der Waals surface area contributed by atoms with Gasteiger partial charge in [-0.05, 0) is 40.8 Å². The van der Waals surface area contributed by atoms with Gasteiger partial charge in [0.2, 0.25) is 0 Å². The van der Waals surface area contributed by atoms with Gasteiger partial charge in [-0.3, -0.25) is 4.99 Å². The maximum atomic E-state index is 6.11. The maximum absolute atomic E-state index is 6.11. The first-order valence-corrected chi connectivity index (χ1v) is 6.92. The summed E-state index contributed by atoms with van der Waals surface area (Å²) in [5.74, 6) is 0. The Balaban J connectivity index is 2.11. The lowest BCUT2D eigenvalue weighted by Crippen LogP contribution is -2.06. The van der Waals surface area contributed by atoms with E-state index in [0.717, 1.165) is 26.0 Å². The number of hydrogen-bond donors (Lipinski definition) is 1. The third-order valence-corrected chi connectivity index (χ3v) is 3.97. The van der Waals surface area contributed by atoms with E-state index in [2.05, 4.69) is 39.8 Å². The van der Waals surface area contributed by atoms with Gasteiger partial charge in [0, 0.05) is 8.82 Å². The van der Waals surface area contributed by atoms with Crippen LogP contribution in [-0.4, -0.2) is 17.0 Å². The maximum Gasteiger partial charge on any atom is 0.161 e. The second-order valence-corrected chi connectivity index (χ2v) is 6.40. The Morgan fingerprint density at radius 3 is 3.00 bits per heavy atom. The molecule has 1 aromatic rings. The summed E-state index contributed by atoms with van der Waals surface area (Å²) in [6, 6.07) is 5.95. The fourth-order valence-corrected chi connectivity index (χ4v) is 3.00. The number of nitrogens with zero attached hydrogens (tertiary/aromatic N) is 1. The van der Waals surface area contributed by atoms with Gasteiger partial charge >= 0.3 is 0 Å². The highest BCUT2D eigenvalue weighted by Gasteiger charge is 2.15. The molecule has 0 aromatic heterocycles. The molecule has 0 saturated carbocycles. The molecule has 1 N–H and O–H groups in total. The van der Waals surface area contributed by atoms with Crippen LogP contribution < -0.4 is 5.32 Å². The van der Waals surface area contributed by atoms with Crippen LogP contribution in [0.25, 0.3) is 0 Å². The van der Waals surface area contributed by atoms with Crippen molar-refractivity contribution in [1.29, 1.82) is 0 Å². The molecule has 0 spiro atoms. The predicted molar refractivity (Wildman–Crippen MR) is 77.1 cm³/mol. The van der Waals surface area contributed by atoms with Gasteiger partial charge in [-0.1, -0.05) is 30.3 Å². The van der Waals surface area contributed by atoms with Crippen LogP contribution in [0.5, 0.6) is 0 Å². The van der Waals surface area contributed by atoms with Crippen molar-refractivity contribution in [1.82, 2.24) is 0 Å². The van der Waals surface area contributed by atoms with E-state index in [1.165, 1.54) is 0 Å². The first-order chi connectivity index (χ1) is 7.15.